The number of para-hydroxylation sites is 1. The first kappa shape index (κ1) is 21.2. The van der Waals surface area contributed by atoms with Gasteiger partial charge in [0, 0.05) is 29.1 Å². The summed E-state index contributed by atoms with van der Waals surface area (Å²) in [6, 6.07) is 21.1. The van der Waals surface area contributed by atoms with E-state index in [4.69, 9.17) is 16.5 Å². The molecule has 2 aliphatic rings. The highest BCUT2D eigenvalue weighted by Crippen LogP contribution is 2.45. The molecular weight excluding hydrogens is 432 g/mol. The molecule has 0 radical (unpaired) electrons. The molecule has 2 aromatic carbocycles. The fourth-order valence-corrected chi connectivity index (χ4v) is 5.23. The average molecular weight is 461 g/mol. The highest BCUT2D eigenvalue weighted by molar-refractivity contribution is 5.91. The molecule has 6 heteroatoms. The van der Waals surface area contributed by atoms with Crippen LogP contribution in [0, 0.1) is 0 Å². The van der Waals surface area contributed by atoms with Crippen molar-refractivity contribution >= 4 is 17.1 Å². The lowest BCUT2D eigenvalue weighted by molar-refractivity contribution is 0.272. The van der Waals surface area contributed by atoms with E-state index in [9.17, 15) is 0 Å². The first-order valence-corrected chi connectivity index (χ1v) is 12.0. The Bertz CT molecular complexity index is 1470. The SMILES string of the molecule is CC1(c2ccc(-c3c(C(/C=C\N)=C/N)nc4n3-c3cccnc3Nc3ccccc3-4)cc2)CCC1. The van der Waals surface area contributed by atoms with Crippen molar-refractivity contribution < 1.29 is 0 Å². The van der Waals surface area contributed by atoms with Crippen LogP contribution in [0.15, 0.2) is 85.3 Å². The fraction of sp³-hybridized carbons (Fsp3) is 0.172. The van der Waals surface area contributed by atoms with Crippen molar-refractivity contribution in [1.82, 2.24) is 14.5 Å². The zero-order valence-electron chi connectivity index (χ0n) is 19.7. The molecule has 174 valence electrons. The van der Waals surface area contributed by atoms with Crippen LogP contribution >= 0.6 is 0 Å². The smallest absolute Gasteiger partial charge is 0.154 e. The molecule has 1 saturated carbocycles. The van der Waals surface area contributed by atoms with Crippen molar-refractivity contribution in [2.24, 2.45) is 11.5 Å². The summed E-state index contributed by atoms with van der Waals surface area (Å²) in [7, 11) is 0. The first-order valence-electron chi connectivity index (χ1n) is 12.0. The van der Waals surface area contributed by atoms with E-state index in [1.54, 1.807) is 18.5 Å². The van der Waals surface area contributed by atoms with Crippen molar-refractivity contribution in [1.29, 1.82) is 0 Å². The number of rotatable bonds is 4. The minimum absolute atomic E-state index is 0.277. The van der Waals surface area contributed by atoms with Crippen LogP contribution in [-0.4, -0.2) is 14.5 Å². The second-order valence-electron chi connectivity index (χ2n) is 9.48. The third-order valence-corrected chi connectivity index (χ3v) is 7.37. The number of nitrogens with two attached hydrogens (primary N) is 2. The first-order chi connectivity index (χ1) is 17.1. The molecular formula is C29H28N6. The summed E-state index contributed by atoms with van der Waals surface area (Å²) in [4.78, 5) is 9.81. The number of nitrogens with one attached hydrogen (secondary N) is 1. The van der Waals surface area contributed by atoms with E-state index in [0.717, 1.165) is 51.1 Å². The minimum Gasteiger partial charge on any atom is -0.405 e. The normalized spacial score (nSPS) is 16.0. The Morgan fingerprint density at radius 1 is 1.03 bits per heavy atom. The molecule has 0 saturated heterocycles. The van der Waals surface area contributed by atoms with Gasteiger partial charge in [-0.05, 0) is 60.4 Å². The van der Waals surface area contributed by atoms with Crippen LogP contribution in [0.4, 0.5) is 11.5 Å². The Kier molecular flexibility index (Phi) is 4.95. The van der Waals surface area contributed by atoms with Gasteiger partial charge in [-0.3, -0.25) is 4.57 Å². The predicted molar refractivity (Wildman–Crippen MR) is 142 cm³/mol. The molecule has 3 heterocycles. The summed E-state index contributed by atoms with van der Waals surface area (Å²) in [6.45, 7) is 2.35. The Morgan fingerprint density at radius 3 is 2.54 bits per heavy atom. The van der Waals surface area contributed by atoms with Gasteiger partial charge in [0.1, 0.15) is 5.82 Å². The van der Waals surface area contributed by atoms with Crippen LogP contribution in [0.2, 0.25) is 0 Å². The second kappa shape index (κ2) is 8.17. The lowest BCUT2D eigenvalue weighted by atomic mass is 9.66. The molecule has 2 aromatic heterocycles. The third-order valence-electron chi connectivity index (χ3n) is 7.37. The van der Waals surface area contributed by atoms with Crippen LogP contribution in [0.5, 0.6) is 0 Å². The minimum atomic E-state index is 0.277. The van der Waals surface area contributed by atoms with E-state index in [1.807, 2.05) is 24.3 Å². The number of pyridine rings is 1. The molecule has 5 N–H and O–H groups in total. The van der Waals surface area contributed by atoms with Crippen LogP contribution in [0.25, 0.3) is 33.9 Å². The Morgan fingerprint density at radius 2 is 1.83 bits per heavy atom. The molecule has 0 bridgehead atoms. The van der Waals surface area contributed by atoms with E-state index >= 15 is 0 Å². The number of imidazole rings is 1. The number of allylic oxidation sites excluding steroid dienone is 2. The maximum absolute atomic E-state index is 6.08. The zero-order valence-corrected chi connectivity index (χ0v) is 19.7. The Labute approximate surface area is 205 Å². The van der Waals surface area contributed by atoms with Gasteiger partial charge in [0.15, 0.2) is 5.82 Å². The van der Waals surface area contributed by atoms with Crippen LogP contribution in [0.3, 0.4) is 0 Å². The molecule has 0 amide bonds. The van der Waals surface area contributed by atoms with Gasteiger partial charge in [-0.1, -0.05) is 49.7 Å². The van der Waals surface area contributed by atoms with Gasteiger partial charge in [-0.2, -0.15) is 0 Å². The lowest BCUT2D eigenvalue weighted by Gasteiger charge is -2.39. The summed E-state index contributed by atoms with van der Waals surface area (Å²) < 4.78 is 2.18. The molecule has 0 unspecified atom stereocenters. The molecule has 1 aliphatic carbocycles. The van der Waals surface area contributed by atoms with Gasteiger partial charge in [0.05, 0.1) is 22.8 Å². The second-order valence-corrected chi connectivity index (χ2v) is 9.48. The van der Waals surface area contributed by atoms with Gasteiger partial charge in [-0.15, -0.1) is 0 Å². The highest BCUT2D eigenvalue weighted by atomic mass is 15.2. The number of hydrogen-bond donors (Lipinski definition) is 3. The summed E-state index contributed by atoms with van der Waals surface area (Å²) >= 11 is 0. The van der Waals surface area contributed by atoms with E-state index in [-0.39, 0.29) is 5.41 Å². The van der Waals surface area contributed by atoms with Gasteiger partial charge < -0.3 is 16.8 Å². The van der Waals surface area contributed by atoms with E-state index in [0.29, 0.717) is 0 Å². The molecule has 1 fully saturated rings. The average Bonchev–Trinajstić information content (AvgIpc) is 3.20. The fourth-order valence-electron chi connectivity index (χ4n) is 5.23. The maximum atomic E-state index is 6.08. The summed E-state index contributed by atoms with van der Waals surface area (Å²) in [5, 5.41) is 3.50. The molecule has 35 heavy (non-hydrogen) atoms. The van der Waals surface area contributed by atoms with E-state index < -0.39 is 0 Å². The molecule has 1 aliphatic heterocycles. The zero-order chi connectivity index (χ0) is 24.0. The van der Waals surface area contributed by atoms with E-state index in [2.05, 4.69) is 58.2 Å². The molecule has 6 rings (SSSR count). The standard InChI is InChI=1S/C29H28N6/c1-29(14-5-15-29)21-11-9-19(10-12-21)26-25(20(18-31)13-16-30)34-28-22-6-2-3-7-23(22)33-27-24(35(26)28)8-4-17-32-27/h2-4,6-13,16-18H,5,14-15,30-31H2,1H3,(H,32,33)/b16-13-,20-18+. The monoisotopic (exact) mass is 460 g/mol. The number of anilines is 2. The molecule has 0 atom stereocenters. The molecule has 6 nitrogen and oxygen atoms in total. The third kappa shape index (κ3) is 3.33. The number of fused-ring (bicyclic) bond motifs is 5. The van der Waals surface area contributed by atoms with Gasteiger partial charge in [0.25, 0.3) is 0 Å². The maximum Gasteiger partial charge on any atom is 0.154 e. The lowest BCUT2D eigenvalue weighted by Crippen LogP contribution is -2.30. The van der Waals surface area contributed by atoms with Gasteiger partial charge >= 0.3 is 0 Å². The summed E-state index contributed by atoms with van der Waals surface area (Å²) in [6.07, 6.45) is 10.4. The number of benzene rings is 2. The topological polar surface area (TPSA) is 94.8 Å². The van der Waals surface area contributed by atoms with Crippen molar-refractivity contribution in [3.8, 4) is 28.3 Å². The van der Waals surface area contributed by atoms with Crippen molar-refractivity contribution in [3.05, 3.63) is 96.6 Å². The van der Waals surface area contributed by atoms with Gasteiger partial charge in [0.2, 0.25) is 0 Å². The number of aromatic nitrogens is 3. The number of nitrogens with zero attached hydrogens (tertiary/aromatic N) is 3. The van der Waals surface area contributed by atoms with Crippen molar-refractivity contribution in [3.63, 3.8) is 0 Å². The Balaban J connectivity index is 1.66. The van der Waals surface area contributed by atoms with Crippen molar-refractivity contribution in [2.45, 2.75) is 31.6 Å². The van der Waals surface area contributed by atoms with Crippen LogP contribution in [0.1, 0.15) is 37.4 Å². The summed E-state index contributed by atoms with van der Waals surface area (Å²) in [5.41, 5.74) is 19.9. The summed E-state index contributed by atoms with van der Waals surface area (Å²) in [5.74, 6) is 1.60. The quantitative estimate of drug-likeness (QED) is 0.292. The van der Waals surface area contributed by atoms with Crippen LogP contribution in [-0.2, 0) is 5.41 Å². The highest BCUT2D eigenvalue weighted by Gasteiger charge is 2.34. The number of hydrogen-bond acceptors (Lipinski definition) is 5. The largest absolute Gasteiger partial charge is 0.405 e. The molecule has 4 aromatic rings. The van der Waals surface area contributed by atoms with Crippen molar-refractivity contribution in [2.75, 3.05) is 5.32 Å². The Hall–Kier alpha value is -4.32. The van der Waals surface area contributed by atoms with E-state index in [1.165, 1.54) is 31.0 Å². The molecule has 0 spiro atoms. The van der Waals surface area contributed by atoms with Gasteiger partial charge in [-0.25, -0.2) is 9.97 Å². The van der Waals surface area contributed by atoms with Crippen LogP contribution < -0.4 is 16.8 Å². The predicted octanol–water partition coefficient (Wildman–Crippen LogP) is 5.87.